The van der Waals surface area contributed by atoms with Crippen LogP contribution in [0.1, 0.15) is 52.4 Å². The molecule has 0 bridgehead atoms. The zero-order chi connectivity index (χ0) is 22.5. The van der Waals surface area contributed by atoms with Crippen molar-refractivity contribution in [2.45, 2.75) is 31.8 Å². The summed E-state index contributed by atoms with van der Waals surface area (Å²) in [5.41, 5.74) is 7.55. The summed E-state index contributed by atoms with van der Waals surface area (Å²) in [7, 11) is 0. The Bertz CT molecular complexity index is 1490. The Morgan fingerprint density at radius 1 is 1.18 bits per heavy atom. The summed E-state index contributed by atoms with van der Waals surface area (Å²) < 4.78 is 21.9. The van der Waals surface area contributed by atoms with Gasteiger partial charge in [-0.1, -0.05) is 29.8 Å². The minimum Gasteiger partial charge on any atom is -0.488 e. The lowest BCUT2D eigenvalue weighted by molar-refractivity contribution is 0.305. The largest absolute Gasteiger partial charge is 0.488 e. The molecule has 2 aliphatic rings. The number of hydrogen-bond acceptors (Lipinski definition) is 3. The van der Waals surface area contributed by atoms with Crippen LogP contribution in [0.15, 0.2) is 60.8 Å². The quantitative estimate of drug-likeness (QED) is 0.334. The second-order valence-electron chi connectivity index (χ2n) is 8.55. The van der Waals surface area contributed by atoms with Gasteiger partial charge >= 0.3 is 0 Å². The van der Waals surface area contributed by atoms with E-state index in [9.17, 15) is 9.65 Å². The second-order valence-corrected chi connectivity index (χ2v) is 8.96. The van der Waals surface area contributed by atoms with Gasteiger partial charge in [-0.15, -0.1) is 0 Å². The van der Waals surface area contributed by atoms with E-state index in [1.165, 1.54) is 18.2 Å². The van der Waals surface area contributed by atoms with E-state index in [4.69, 9.17) is 21.3 Å². The van der Waals surface area contributed by atoms with E-state index >= 15 is 0 Å². The molecule has 162 valence electrons. The highest BCUT2D eigenvalue weighted by molar-refractivity contribution is 6.33. The fourth-order valence-electron chi connectivity index (χ4n) is 4.65. The maximum atomic E-state index is 13.8. The number of benzene rings is 2. The van der Waals surface area contributed by atoms with E-state index in [0.717, 1.165) is 57.7 Å². The van der Waals surface area contributed by atoms with Crippen LogP contribution in [0.4, 0.5) is 4.39 Å². The third kappa shape index (κ3) is 3.48. The van der Waals surface area contributed by atoms with E-state index in [1.807, 2.05) is 24.4 Å². The second kappa shape index (κ2) is 7.75. The van der Waals surface area contributed by atoms with Crippen molar-refractivity contribution in [2.75, 3.05) is 0 Å². The number of ether oxygens (including phenoxy) is 1. The number of allylic oxidation sites excluding steroid dienone is 1. The molecule has 33 heavy (non-hydrogen) atoms. The van der Waals surface area contributed by atoms with Gasteiger partial charge in [-0.2, -0.15) is 5.26 Å². The van der Waals surface area contributed by atoms with Crippen molar-refractivity contribution in [1.82, 2.24) is 9.38 Å². The lowest BCUT2D eigenvalue weighted by atomic mass is 9.92. The Balaban J connectivity index is 1.43. The standard InChI is InChI=1S/C27H19ClFN3O/c28-23-2-1-11-32-24(26(17-4-5-17)31-27(23)32)13-16-3-7-20-18(12-16)15-33-25-14-19(29)6-8-22(25)21(20)9-10-30/h1-3,6-9,11-12,14,17H,4-5,13,15H2/b21-9+. The first-order valence-corrected chi connectivity index (χ1v) is 11.3. The van der Waals surface area contributed by atoms with Crippen LogP contribution in [-0.2, 0) is 13.0 Å². The first kappa shape index (κ1) is 20.0. The number of nitrogens with zero attached hydrogens (tertiary/aromatic N) is 3. The predicted octanol–water partition coefficient (Wildman–Crippen LogP) is 6.44. The van der Waals surface area contributed by atoms with Crippen LogP contribution in [0.3, 0.4) is 0 Å². The highest BCUT2D eigenvalue weighted by Crippen LogP contribution is 2.43. The molecule has 4 nitrogen and oxygen atoms in total. The molecule has 0 unspecified atom stereocenters. The number of rotatable bonds is 3. The molecule has 0 N–H and O–H groups in total. The smallest absolute Gasteiger partial charge is 0.156 e. The Morgan fingerprint density at radius 2 is 2.03 bits per heavy atom. The number of halogens is 2. The summed E-state index contributed by atoms with van der Waals surface area (Å²) in [6, 6.07) is 16.6. The third-order valence-corrected chi connectivity index (χ3v) is 6.65. The average Bonchev–Trinajstić information content (AvgIpc) is 3.61. The van der Waals surface area contributed by atoms with Crippen molar-refractivity contribution in [3.63, 3.8) is 0 Å². The molecule has 0 spiro atoms. The maximum absolute atomic E-state index is 13.8. The molecular weight excluding hydrogens is 437 g/mol. The molecule has 2 aromatic carbocycles. The Hall–Kier alpha value is -3.62. The van der Waals surface area contributed by atoms with Crippen molar-refractivity contribution in [1.29, 1.82) is 5.26 Å². The molecule has 6 rings (SSSR count). The summed E-state index contributed by atoms with van der Waals surface area (Å²) in [5, 5.41) is 10.0. The first-order chi connectivity index (χ1) is 16.1. The van der Waals surface area contributed by atoms with Gasteiger partial charge in [0.2, 0.25) is 0 Å². The Labute approximate surface area is 195 Å². The molecule has 2 aromatic heterocycles. The van der Waals surface area contributed by atoms with Gasteiger partial charge in [-0.25, -0.2) is 9.37 Å². The monoisotopic (exact) mass is 455 g/mol. The highest BCUT2D eigenvalue weighted by Gasteiger charge is 2.30. The van der Waals surface area contributed by atoms with Crippen LogP contribution >= 0.6 is 11.6 Å². The van der Waals surface area contributed by atoms with E-state index in [0.29, 0.717) is 29.7 Å². The highest BCUT2D eigenvalue weighted by atomic mass is 35.5. The topological polar surface area (TPSA) is 50.3 Å². The van der Waals surface area contributed by atoms with Gasteiger partial charge in [0.15, 0.2) is 5.65 Å². The van der Waals surface area contributed by atoms with Crippen LogP contribution in [0.2, 0.25) is 5.02 Å². The van der Waals surface area contributed by atoms with Crippen molar-refractivity contribution < 1.29 is 9.13 Å². The van der Waals surface area contributed by atoms with Gasteiger partial charge in [0, 0.05) is 41.8 Å². The molecule has 4 aromatic rings. The average molecular weight is 456 g/mol. The molecule has 1 aliphatic heterocycles. The third-order valence-electron chi connectivity index (χ3n) is 6.35. The number of aromatic nitrogens is 2. The van der Waals surface area contributed by atoms with Gasteiger partial charge in [0.25, 0.3) is 0 Å². The van der Waals surface area contributed by atoms with Crippen LogP contribution in [0.25, 0.3) is 11.2 Å². The lowest BCUT2D eigenvalue weighted by Crippen LogP contribution is -2.01. The van der Waals surface area contributed by atoms with Gasteiger partial charge in [0.05, 0.1) is 22.5 Å². The molecule has 1 aliphatic carbocycles. The summed E-state index contributed by atoms with van der Waals surface area (Å²) in [6.07, 6.45) is 6.54. The molecule has 1 saturated carbocycles. The van der Waals surface area contributed by atoms with E-state index < -0.39 is 0 Å². The zero-order valence-electron chi connectivity index (χ0n) is 17.7. The van der Waals surface area contributed by atoms with Crippen LogP contribution < -0.4 is 4.74 Å². The number of nitriles is 1. The van der Waals surface area contributed by atoms with Gasteiger partial charge in [-0.05, 0) is 53.8 Å². The predicted molar refractivity (Wildman–Crippen MR) is 125 cm³/mol. The summed E-state index contributed by atoms with van der Waals surface area (Å²) in [4.78, 5) is 4.87. The minimum atomic E-state index is -0.365. The number of pyridine rings is 1. The maximum Gasteiger partial charge on any atom is 0.156 e. The van der Waals surface area contributed by atoms with Crippen molar-refractivity contribution >= 4 is 22.8 Å². The number of fused-ring (bicyclic) bond motifs is 3. The summed E-state index contributed by atoms with van der Waals surface area (Å²) in [6.45, 7) is 0.302. The molecule has 0 amide bonds. The summed E-state index contributed by atoms with van der Waals surface area (Å²) in [5.74, 6) is 0.576. The molecule has 0 radical (unpaired) electrons. The van der Waals surface area contributed by atoms with Crippen LogP contribution in [0, 0.1) is 17.1 Å². The molecule has 6 heteroatoms. The molecule has 0 atom stereocenters. The molecular formula is C27H19ClFN3O. The fraction of sp³-hybridized carbons (Fsp3) is 0.185. The number of hydrogen-bond donors (Lipinski definition) is 0. The fourth-order valence-corrected chi connectivity index (χ4v) is 4.86. The van der Waals surface area contributed by atoms with Crippen LogP contribution in [-0.4, -0.2) is 9.38 Å². The summed E-state index contributed by atoms with van der Waals surface area (Å²) >= 11 is 6.43. The van der Waals surface area contributed by atoms with Gasteiger partial charge in [0.1, 0.15) is 18.2 Å². The SMILES string of the molecule is N#C/C=C1\c2ccc(Cc3c(C4CC4)nc4c(Cl)cccn34)cc2COc2cc(F)ccc21. The first-order valence-electron chi connectivity index (χ1n) is 10.9. The van der Waals surface area contributed by atoms with Gasteiger partial charge in [-0.3, -0.25) is 0 Å². The lowest BCUT2D eigenvalue weighted by Gasteiger charge is -2.11. The van der Waals surface area contributed by atoms with E-state index in [-0.39, 0.29) is 5.82 Å². The van der Waals surface area contributed by atoms with Crippen molar-refractivity contribution in [3.05, 3.63) is 105 Å². The Kier molecular flexibility index (Phi) is 4.70. The van der Waals surface area contributed by atoms with Crippen molar-refractivity contribution in [3.8, 4) is 11.8 Å². The number of imidazole rings is 1. The molecule has 0 saturated heterocycles. The minimum absolute atomic E-state index is 0.302. The normalized spacial score (nSPS) is 16.1. The van der Waals surface area contributed by atoms with E-state index in [1.54, 1.807) is 6.07 Å². The van der Waals surface area contributed by atoms with E-state index in [2.05, 4.69) is 22.6 Å². The molecule has 1 fully saturated rings. The van der Waals surface area contributed by atoms with Crippen LogP contribution in [0.5, 0.6) is 5.75 Å². The van der Waals surface area contributed by atoms with Crippen molar-refractivity contribution in [2.24, 2.45) is 0 Å². The molecule has 3 heterocycles. The Morgan fingerprint density at radius 3 is 2.85 bits per heavy atom. The zero-order valence-corrected chi connectivity index (χ0v) is 18.4. The van der Waals surface area contributed by atoms with Gasteiger partial charge < -0.3 is 9.14 Å².